The third kappa shape index (κ3) is 8.08. The lowest BCUT2D eigenvalue weighted by atomic mass is 10.0. The molecule has 0 aliphatic carbocycles. The van der Waals surface area contributed by atoms with Crippen LogP contribution in [0.15, 0.2) is 35.3 Å². The van der Waals surface area contributed by atoms with Crippen molar-refractivity contribution >= 4 is 41.7 Å². The van der Waals surface area contributed by atoms with Gasteiger partial charge in [0.1, 0.15) is 12.4 Å². The molecule has 1 atom stereocenters. The Hall–Kier alpha value is -1.29. The average molecular weight is 502 g/mol. The smallest absolute Gasteiger partial charge is 0.191 e. The molecule has 2 aromatic rings. The Morgan fingerprint density at radius 2 is 1.96 bits per heavy atom. The Kier molecular flexibility index (Phi) is 11.4. The Labute approximate surface area is 184 Å². The summed E-state index contributed by atoms with van der Waals surface area (Å²) in [6.45, 7) is 6.41. The van der Waals surface area contributed by atoms with Crippen LogP contribution in [0.1, 0.15) is 36.5 Å². The third-order valence-electron chi connectivity index (χ3n) is 4.32. The largest absolute Gasteiger partial charge is 0.356 e. The predicted molar refractivity (Wildman–Crippen MR) is 126 cm³/mol. The molecule has 0 fully saturated rings. The average Bonchev–Trinajstić information content (AvgIpc) is 2.99. The van der Waals surface area contributed by atoms with Crippen molar-refractivity contribution in [2.75, 3.05) is 25.1 Å². The number of thioether (sulfide) groups is 1. The molecule has 0 saturated carbocycles. The molecule has 8 heteroatoms. The van der Waals surface area contributed by atoms with Crippen LogP contribution >= 0.6 is 35.7 Å². The maximum atomic E-state index is 4.70. The highest BCUT2D eigenvalue weighted by atomic mass is 127. The summed E-state index contributed by atoms with van der Waals surface area (Å²) in [5, 5.41) is 15.2. The van der Waals surface area contributed by atoms with E-state index in [4.69, 9.17) is 4.99 Å². The Balaban J connectivity index is 0.00000364. The van der Waals surface area contributed by atoms with Crippen molar-refractivity contribution < 1.29 is 0 Å². The number of nitrogens with one attached hydrogen (secondary N) is 2. The Morgan fingerprint density at radius 3 is 2.59 bits per heavy atom. The molecule has 1 aromatic carbocycles. The molecule has 0 spiro atoms. The highest BCUT2D eigenvalue weighted by Gasteiger charge is 2.08. The molecule has 0 radical (unpaired) electrons. The van der Waals surface area contributed by atoms with Crippen LogP contribution in [-0.4, -0.2) is 45.8 Å². The van der Waals surface area contributed by atoms with E-state index in [1.807, 2.05) is 36.4 Å². The molecule has 27 heavy (non-hydrogen) atoms. The minimum absolute atomic E-state index is 0. The van der Waals surface area contributed by atoms with Crippen LogP contribution in [0.25, 0.3) is 0 Å². The first-order valence-corrected chi connectivity index (χ1v) is 10.4. The quantitative estimate of drug-likeness (QED) is 0.238. The van der Waals surface area contributed by atoms with Gasteiger partial charge in [0.05, 0.1) is 0 Å². The molecular formula is C19H31IN6S. The van der Waals surface area contributed by atoms with Gasteiger partial charge in [0, 0.05) is 20.1 Å². The molecule has 6 nitrogen and oxygen atoms in total. The van der Waals surface area contributed by atoms with E-state index in [1.165, 1.54) is 5.56 Å². The number of hydrogen-bond donors (Lipinski definition) is 2. The summed E-state index contributed by atoms with van der Waals surface area (Å²) in [6.07, 6.45) is 3.24. The second kappa shape index (κ2) is 13.0. The van der Waals surface area contributed by atoms with Gasteiger partial charge >= 0.3 is 0 Å². The van der Waals surface area contributed by atoms with E-state index in [9.17, 15) is 0 Å². The summed E-state index contributed by atoms with van der Waals surface area (Å²) in [7, 11) is 1.97. The van der Waals surface area contributed by atoms with Crippen LogP contribution < -0.4 is 10.6 Å². The van der Waals surface area contributed by atoms with Crippen molar-refractivity contribution in [1.82, 2.24) is 25.4 Å². The van der Waals surface area contributed by atoms with Crippen molar-refractivity contribution in [3.8, 4) is 0 Å². The number of rotatable bonds is 9. The topological polar surface area (TPSA) is 67.1 Å². The monoisotopic (exact) mass is 502 g/mol. The molecule has 2 rings (SSSR count). The fourth-order valence-electron chi connectivity index (χ4n) is 2.49. The molecule has 1 heterocycles. The van der Waals surface area contributed by atoms with Gasteiger partial charge in [-0.15, -0.1) is 34.2 Å². The molecule has 0 bridgehead atoms. The van der Waals surface area contributed by atoms with Crippen LogP contribution in [0.3, 0.4) is 0 Å². The predicted octanol–water partition coefficient (Wildman–Crippen LogP) is 3.33. The summed E-state index contributed by atoms with van der Waals surface area (Å²) in [5.74, 6) is 4.14. The number of guanidine groups is 1. The molecule has 0 amide bonds. The second-order valence-electron chi connectivity index (χ2n) is 6.35. The van der Waals surface area contributed by atoms with Crippen LogP contribution in [-0.2, 0) is 13.6 Å². The molecule has 0 aliphatic heterocycles. The number of halogens is 1. The zero-order valence-corrected chi connectivity index (χ0v) is 19.8. The lowest BCUT2D eigenvalue weighted by Gasteiger charge is -2.17. The first-order chi connectivity index (χ1) is 12.6. The standard InChI is InChI=1S/C19H30N6S.HI/c1-15(17-9-6-5-7-10-17)13-21-19(20-11-8-12-26-4)22-14-18-24-23-16(2)25(18)3;/h5-7,9-10,15H,8,11-14H2,1-4H3,(H2,20,21,22);1H. The SMILES string of the molecule is CSCCCNC(=NCc1nnc(C)n1C)NCC(C)c1ccccc1.I. The molecule has 2 N–H and O–H groups in total. The van der Waals surface area contributed by atoms with Gasteiger partial charge in [-0.3, -0.25) is 0 Å². The van der Waals surface area contributed by atoms with Crippen LogP contribution in [0.5, 0.6) is 0 Å². The first-order valence-electron chi connectivity index (χ1n) is 9.02. The molecule has 0 aliphatic rings. The fourth-order valence-corrected chi connectivity index (χ4v) is 2.92. The number of aromatic nitrogens is 3. The highest BCUT2D eigenvalue weighted by molar-refractivity contribution is 14.0. The Bertz CT molecular complexity index is 689. The van der Waals surface area contributed by atoms with Gasteiger partial charge in [-0.1, -0.05) is 37.3 Å². The first kappa shape index (κ1) is 23.7. The van der Waals surface area contributed by atoms with Gasteiger partial charge < -0.3 is 15.2 Å². The Morgan fingerprint density at radius 1 is 1.22 bits per heavy atom. The van der Waals surface area contributed by atoms with E-state index < -0.39 is 0 Å². The minimum Gasteiger partial charge on any atom is -0.356 e. The lowest BCUT2D eigenvalue weighted by Crippen LogP contribution is -2.39. The summed E-state index contributed by atoms with van der Waals surface area (Å²) in [5.41, 5.74) is 1.32. The van der Waals surface area contributed by atoms with E-state index in [0.717, 1.165) is 42.9 Å². The number of aryl methyl sites for hydroxylation is 1. The number of benzene rings is 1. The van der Waals surface area contributed by atoms with Gasteiger partial charge in [0.2, 0.25) is 0 Å². The van der Waals surface area contributed by atoms with Gasteiger partial charge in [-0.05, 0) is 36.8 Å². The van der Waals surface area contributed by atoms with Crippen molar-refractivity contribution in [2.45, 2.75) is 32.7 Å². The summed E-state index contributed by atoms with van der Waals surface area (Å²) in [6, 6.07) is 10.5. The van der Waals surface area contributed by atoms with E-state index in [2.05, 4.69) is 58.3 Å². The molecule has 1 aromatic heterocycles. The van der Waals surface area contributed by atoms with Crippen LogP contribution in [0, 0.1) is 6.92 Å². The van der Waals surface area contributed by atoms with Crippen molar-refractivity contribution in [2.24, 2.45) is 12.0 Å². The van der Waals surface area contributed by atoms with Gasteiger partial charge in [0.15, 0.2) is 11.8 Å². The number of nitrogens with zero attached hydrogens (tertiary/aromatic N) is 4. The van der Waals surface area contributed by atoms with Crippen molar-refractivity contribution in [3.05, 3.63) is 47.5 Å². The molecule has 150 valence electrons. The zero-order valence-electron chi connectivity index (χ0n) is 16.6. The molecular weight excluding hydrogens is 471 g/mol. The van der Waals surface area contributed by atoms with E-state index in [1.54, 1.807) is 0 Å². The summed E-state index contributed by atoms with van der Waals surface area (Å²) >= 11 is 1.86. The van der Waals surface area contributed by atoms with E-state index in [-0.39, 0.29) is 24.0 Å². The van der Waals surface area contributed by atoms with E-state index >= 15 is 0 Å². The van der Waals surface area contributed by atoms with Gasteiger partial charge in [0.25, 0.3) is 0 Å². The second-order valence-corrected chi connectivity index (χ2v) is 7.34. The fraction of sp³-hybridized carbons (Fsp3) is 0.526. The molecule has 0 saturated heterocycles. The van der Waals surface area contributed by atoms with E-state index in [0.29, 0.717) is 12.5 Å². The van der Waals surface area contributed by atoms with Crippen LogP contribution in [0.2, 0.25) is 0 Å². The normalized spacial score (nSPS) is 12.4. The maximum absolute atomic E-state index is 4.70. The third-order valence-corrected chi connectivity index (χ3v) is 5.02. The number of aliphatic imine (C=N–C) groups is 1. The van der Waals surface area contributed by atoms with Gasteiger partial charge in [-0.25, -0.2) is 4.99 Å². The minimum atomic E-state index is 0. The van der Waals surface area contributed by atoms with Crippen molar-refractivity contribution in [1.29, 1.82) is 0 Å². The van der Waals surface area contributed by atoms with Crippen LogP contribution in [0.4, 0.5) is 0 Å². The van der Waals surface area contributed by atoms with Gasteiger partial charge in [-0.2, -0.15) is 11.8 Å². The summed E-state index contributed by atoms with van der Waals surface area (Å²) < 4.78 is 1.97. The lowest BCUT2D eigenvalue weighted by molar-refractivity contribution is 0.688. The molecule has 1 unspecified atom stereocenters. The van der Waals surface area contributed by atoms with Crippen molar-refractivity contribution in [3.63, 3.8) is 0 Å². The number of hydrogen-bond acceptors (Lipinski definition) is 4. The maximum Gasteiger partial charge on any atom is 0.191 e. The zero-order chi connectivity index (χ0) is 18.8. The highest BCUT2D eigenvalue weighted by Crippen LogP contribution is 2.12. The summed E-state index contributed by atoms with van der Waals surface area (Å²) in [4.78, 5) is 4.70.